The SMILES string of the molecule is CCCCCOc1ccccc1NC(=O)OCC(O)CNCCCC.Cl. The van der Waals surface area contributed by atoms with Gasteiger partial charge >= 0.3 is 6.09 Å². The van der Waals surface area contributed by atoms with Crippen molar-refractivity contribution in [2.75, 3.05) is 31.6 Å². The average Bonchev–Trinajstić information content (AvgIpc) is 2.62. The van der Waals surface area contributed by atoms with E-state index in [0.29, 0.717) is 24.6 Å². The van der Waals surface area contributed by atoms with Crippen LogP contribution >= 0.6 is 12.4 Å². The highest BCUT2D eigenvalue weighted by molar-refractivity contribution is 5.86. The number of nitrogens with one attached hydrogen (secondary N) is 2. The number of carbonyl (C=O) groups excluding carboxylic acids is 1. The number of halogens is 1. The van der Waals surface area contributed by atoms with Crippen LogP contribution in [0.25, 0.3) is 0 Å². The summed E-state index contributed by atoms with van der Waals surface area (Å²) in [5.41, 5.74) is 0.569. The van der Waals surface area contributed by atoms with Gasteiger partial charge in [0, 0.05) is 6.54 Å². The Hall–Kier alpha value is -1.50. The normalized spacial score (nSPS) is 11.3. The molecule has 7 heteroatoms. The van der Waals surface area contributed by atoms with E-state index in [1.54, 1.807) is 6.07 Å². The van der Waals surface area contributed by atoms with Crippen molar-refractivity contribution in [1.29, 1.82) is 0 Å². The molecule has 1 rings (SSSR count). The first-order valence-electron chi connectivity index (χ1n) is 9.21. The summed E-state index contributed by atoms with van der Waals surface area (Å²) in [7, 11) is 0. The van der Waals surface area contributed by atoms with Crippen molar-refractivity contribution < 1.29 is 19.4 Å². The Bertz CT molecular complexity index is 488. The zero-order valence-corrected chi connectivity index (χ0v) is 16.6. The number of amides is 1. The third-order valence-electron chi connectivity index (χ3n) is 3.62. The molecule has 0 saturated heterocycles. The predicted molar refractivity (Wildman–Crippen MR) is 107 cm³/mol. The van der Waals surface area contributed by atoms with Gasteiger partial charge in [-0.05, 0) is 31.5 Å². The summed E-state index contributed by atoms with van der Waals surface area (Å²) < 4.78 is 10.8. The van der Waals surface area contributed by atoms with Gasteiger partial charge < -0.3 is 19.9 Å². The molecule has 0 bridgehead atoms. The van der Waals surface area contributed by atoms with Gasteiger partial charge in [-0.1, -0.05) is 45.2 Å². The van der Waals surface area contributed by atoms with Crippen molar-refractivity contribution in [2.45, 2.75) is 52.1 Å². The van der Waals surface area contributed by atoms with Gasteiger partial charge in [-0.25, -0.2) is 4.79 Å². The monoisotopic (exact) mass is 388 g/mol. The number of para-hydroxylation sites is 2. The van der Waals surface area contributed by atoms with Crippen LogP contribution < -0.4 is 15.4 Å². The molecule has 0 radical (unpaired) electrons. The molecule has 150 valence electrons. The highest BCUT2D eigenvalue weighted by Gasteiger charge is 2.11. The first kappa shape index (κ1) is 24.5. The number of anilines is 1. The summed E-state index contributed by atoms with van der Waals surface area (Å²) in [6.45, 7) is 6.07. The summed E-state index contributed by atoms with van der Waals surface area (Å²) >= 11 is 0. The van der Waals surface area contributed by atoms with Gasteiger partial charge in [-0.2, -0.15) is 0 Å². The van der Waals surface area contributed by atoms with Crippen LogP contribution in [0, 0.1) is 0 Å². The van der Waals surface area contributed by atoms with Gasteiger partial charge in [0.05, 0.1) is 12.3 Å². The van der Waals surface area contributed by atoms with Crippen LogP contribution in [0.15, 0.2) is 24.3 Å². The van der Waals surface area contributed by atoms with Crippen LogP contribution in [0.4, 0.5) is 10.5 Å². The number of aliphatic hydroxyl groups is 1. The van der Waals surface area contributed by atoms with Crippen molar-refractivity contribution in [3.05, 3.63) is 24.3 Å². The molecule has 0 aliphatic carbocycles. The van der Waals surface area contributed by atoms with E-state index in [0.717, 1.165) is 38.6 Å². The van der Waals surface area contributed by atoms with E-state index in [1.807, 2.05) is 18.2 Å². The number of carbonyl (C=O) groups is 1. The lowest BCUT2D eigenvalue weighted by Crippen LogP contribution is -2.32. The van der Waals surface area contributed by atoms with Gasteiger partial charge in [0.25, 0.3) is 0 Å². The van der Waals surface area contributed by atoms with E-state index >= 15 is 0 Å². The fourth-order valence-electron chi connectivity index (χ4n) is 2.18. The van der Waals surface area contributed by atoms with Gasteiger partial charge in [0.2, 0.25) is 0 Å². The zero-order chi connectivity index (χ0) is 18.3. The van der Waals surface area contributed by atoms with Crippen LogP contribution in [0.3, 0.4) is 0 Å². The van der Waals surface area contributed by atoms with E-state index in [4.69, 9.17) is 9.47 Å². The summed E-state index contributed by atoms with van der Waals surface area (Å²) in [5, 5.41) is 15.6. The Morgan fingerprint density at radius 3 is 2.62 bits per heavy atom. The Kier molecular flexibility index (Phi) is 14.8. The summed E-state index contributed by atoms with van der Waals surface area (Å²) in [6, 6.07) is 7.26. The molecule has 1 amide bonds. The molecule has 0 saturated carbocycles. The largest absolute Gasteiger partial charge is 0.491 e. The lowest BCUT2D eigenvalue weighted by atomic mass is 10.2. The summed E-state index contributed by atoms with van der Waals surface area (Å²) in [6.07, 6.45) is 4.06. The van der Waals surface area contributed by atoms with Crippen LogP contribution in [0.5, 0.6) is 5.75 Å². The molecule has 6 nitrogen and oxygen atoms in total. The molecular weight excluding hydrogens is 356 g/mol. The lowest BCUT2D eigenvalue weighted by molar-refractivity contribution is 0.0750. The summed E-state index contributed by atoms with van der Waals surface area (Å²) in [4.78, 5) is 11.9. The molecule has 3 N–H and O–H groups in total. The fraction of sp³-hybridized carbons (Fsp3) is 0.632. The molecule has 26 heavy (non-hydrogen) atoms. The van der Waals surface area contributed by atoms with E-state index < -0.39 is 12.2 Å². The van der Waals surface area contributed by atoms with Crippen LogP contribution in [0.2, 0.25) is 0 Å². The van der Waals surface area contributed by atoms with Gasteiger partial charge in [-0.15, -0.1) is 12.4 Å². The molecule has 0 spiro atoms. The van der Waals surface area contributed by atoms with E-state index in [1.165, 1.54) is 0 Å². The van der Waals surface area contributed by atoms with Gasteiger partial charge in [0.15, 0.2) is 0 Å². The van der Waals surface area contributed by atoms with Crippen molar-refractivity contribution in [1.82, 2.24) is 5.32 Å². The average molecular weight is 389 g/mol. The highest BCUT2D eigenvalue weighted by Crippen LogP contribution is 2.24. The third-order valence-corrected chi connectivity index (χ3v) is 3.62. The molecular formula is C19H33ClN2O4. The molecule has 0 aromatic heterocycles. The second-order valence-electron chi connectivity index (χ2n) is 5.99. The van der Waals surface area contributed by atoms with E-state index in [-0.39, 0.29) is 19.0 Å². The highest BCUT2D eigenvalue weighted by atomic mass is 35.5. The molecule has 0 aliphatic rings. The van der Waals surface area contributed by atoms with E-state index in [9.17, 15) is 9.90 Å². The van der Waals surface area contributed by atoms with Crippen molar-refractivity contribution in [3.8, 4) is 5.75 Å². The van der Waals surface area contributed by atoms with Gasteiger partial charge in [-0.3, -0.25) is 5.32 Å². The Labute approximate surface area is 163 Å². The Morgan fingerprint density at radius 2 is 1.88 bits per heavy atom. The van der Waals surface area contributed by atoms with Crippen LogP contribution in [0.1, 0.15) is 46.0 Å². The van der Waals surface area contributed by atoms with Gasteiger partial charge in [0.1, 0.15) is 18.5 Å². The van der Waals surface area contributed by atoms with Crippen molar-refractivity contribution >= 4 is 24.2 Å². The molecule has 1 unspecified atom stereocenters. The predicted octanol–water partition coefficient (Wildman–Crippen LogP) is 3.98. The smallest absolute Gasteiger partial charge is 0.411 e. The maximum absolute atomic E-state index is 11.9. The Balaban J connectivity index is 0.00000625. The fourth-order valence-corrected chi connectivity index (χ4v) is 2.18. The minimum Gasteiger partial charge on any atom is -0.491 e. The summed E-state index contributed by atoms with van der Waals surface area (Å²) in [5.74, 6) is 0.623. The quantitative estimate of drug-likeness (QED) is 0.445. The number of benzene rings is 1. The maximum atomic E-state index is 11.9. The second-order valence-corrected chi connectivity index (χ2v) is 5.99. The van der Waals surface area contributed by atoms with Crippen molar-refractivity contribution in [3.63, 3.8) is 0 Å². The molecule has 1 aromatic rings. The minimum atomic E-state index is -0.719. The van der Waals surface area contributed by atoms with E-state index in [2.05, 4.69) is 24.5 Å². The number of hydrogen-bond donors (Lipinski definition) is 3. The number of unbranched alkanes of at least 4 members (excludes halogenated alkanes) is 3. The maximum Gasteiger partial charge on any atom is 0.411 e. The molecule has 1 aromatic carbocycles. The molecule has 0 heterocycles. The molecule has 1 atom stereocenters. The van der Waals surface area contributed by atoms with Crippen LogP contribution in [-0.2, 0) is 4.74 Å². The topological polar surface area (TPSA) is 79.8 Å². The number of rotatable bonds is 13. The lowest BCUT2D eigenvalue weighted by Gasteiger charge is -2.14. The van der Waals surface area contributed by atoms with Crippen LogP contribution in [-0.4, -0.2) is 43.6 Å². The first-order valence-corrected chi connectivity index (χ1v) is 9.21. The minimum absolute atomic E-state index is 0. The number of aliphatic hydroxyl groups excluding tert-OH is 1. The molecule has 0 aliphatic heterocycles. The second kappa shape index (κ2) is 15.7. The zero-order valence-electron chi connectivity index (χ0n) is 15.8. The number of ether oxygens (including phenoxy) is 2. The number of hydrogen-bond acceptors (Lipinski definition) is 5. The Morgan fingerprint density at radius 1 is 1.15 bits per heavy atom. The van der Waals surface area contributed by atoms with Crippen molar-refractivity contribution in [2.24, 2.45) is 0 Å². The molecule has 0 fully saturated rings. The first-order chi connectivity index (χ1) is 12.2. The third kappa shape index (κ3) is 11.2. The standard InChI is InChI=1S/C19H32N2O4.ClH/c1-3-5-9-13-24-18-11-8-7-10-17(18)21-19(23)25-15-16(22)14-20-12-6-4-2;/h7-8,10-11,16,20,22H,3-6,9,12-15H2,1-2H3,(H,21,23);1H.